The number of carbonyl (C=O) groups excluding carboxylic acids is 1. The fraction of sp³-hybridized carbons (Fsp3) is 0.741. The van der Waals surface area contributed by atoms with E-state index < -0.39 is 0 Å². The lowest BCUT2D eigenvalue weighted by Gasteiger charge is -2.26. The van der Waals surface area contributed by atoms with Crippen molar-refractivity contribution in [3.8, 4) is 11.5 Å². The van der Waals surface area contributed by atoms with E-state index in [1.165, 1.54) is 56.9 Å². The molecule has 0 radical (unpaired) electrons. The van der Waals surface area contributed by atoms with Gasteiger partial charge in [0.05, 0.1) is 0 Å². The molecule has 4 rings (SSSR count). The number of hydrogen-bond acceptors (Lipinski definition) is 4. The number of benzene rings is 1. The standard InChI is InChI=1S/C27H42N2O3/c1-2-3-4-5-6-7-8-27(30)28-22(15-16-29-23-10-11-24(29)13-12-23)19-21-9-14-25-26(20-21)32-18-17-31-25/h9,14,20,22-24H,2-8,10-13,15-19H2,1H3,(H,28,30)/t22-,23?,24?/m1/s1. The largest absolute Gasteiger partial charge is 0.486 e. The summed E-state index contributed by atoms with van der Waals surface area (Å²) in [5.41, 5.74) is 1.21. The Morgan fingerprint density at radius 2 is 1.69 bits per heavy atom. The van der Waals surface area contributed by atoms with Crippen LogP contribution in [0.5, 0.6) is 11.5 Å². The summed E-state index contributed by atoms with van der Waals surface area (Å²) in [6.07, 6.45) is 15.3. The Morgan fingerprint density at radius 1 is 1.00 bits per heavy atom. The van der Waals surface area contributed by atoms with Crippen molar-refractivity contribution in [1.82, 2.24) is 10.2 Å². The average Bonchev–Trinajstić information content (AvgIpc) is 3.39. The van der Waals surface area contributed by atoms with Gasteiger partial charge >= 0.3 is 0 Å². The van der Waals surface area contributed by atoms with Gasteiger partial charge in [-0.15, -0.1) is 0 Å². The van der Waals surface area contributed by atoms with Crippen molar-refractivity contribution >= 4 is 5.91 Å². The maximum Gasteiger partial charge on any atom is 0.220 e. The van der Waals surface area contributed by atoms with Crippen LogP contribution in [0.25, 0.3) is 0 Å². The van der Waals surface area contributed by atoms with Gasteiger partial charge in [0, 0.05) is 31.1 Å². The molecule has 1 aromatic carbocycles. The third kappa shape index (κ3) is 6.40. The minimum Gasteiger partial charge on any atom is -0.486 e. The molecule has 178 valence electrons. The van der Waals surface area contributed by atoms with Gasteiger partial charge in [0.1, 0.15) is 13.2 Å². The van der Waals surface area contributed by atoms with Crippen LogP contribution in [0.4, 0.5) is 0 Å². The van der Waals surface area contributed by atoms with Crippen molar-refractivity contribution in [2.24, 2.45) is 0 Å². The Morgan fingerprint density at radius 3 is 2.44 bits per heavy atom. The zero-order valence-electron chi connectivity index (χ0n) is 19.9. The van der Waals surface area contributed by atoms with Crippen LogP contribution in [-0.2, 0) is 11.2 Å². The van der Waals surface area contributed by atoms with E-state index in [1.807, 2.05) is 6.07 Å². The van der Waals surface area contributed by atoms with Crippen molar-refractivity contribution in [2.45, 2.75) is 109 Å². The summed E-state index contributed by atoms with van der Waals surface area (Å²) in [7, 11) is 0. The molecule has 5 nitrogen and oxygen atoms in total. The first-order valence-corrected chi connectivity index (χ1v) is 13.2. The summed E-state index contributed by atoms with van der Waals surface area (Å²) in [6.45, 7) is 4.55. The van der Waals surface area contributed by atoms with Gasteiger partial charge in [-0.05, 0) is 62.6 Å². The van der Waals surface area contributed by atoms with Crippen molar-refractivity contribution in [2.75, 3.05) is 19.8 Å². The summed E-state index contributed by atoms with van der Waals surface area (Å²) < 4.78 is 11.4. The molecule has 0 spiro atoms. The zero-order chi connectivity index (χ0) is 22.2. The monoisotopic (exact) mass is 442 g/mol. The number of unbranched alkanes of at least 4 members (excludes halogenated alkanes) is 5. The SMILES string of the molecule is CCCCCCCCC(=O)N[C@H](CCN1C2CCC1CC2)Cc1ccc2c(c1)OCCO2. The quantitative estimate of drug-likeness (QED) is 0.424. The van der Waals surface area contributed by atoms with Crippen LogP contribution in [0, 0.1) is 0 Å². The van der Waals surface area contributed by atoms with E-state index >= 15 is 0 Å². The Balaban J connectivity index is 1.30. The molecule has 1 atom stereocenters. The topological polar surface area (TPSA) is 50.8 Å². The van der Waals surface area contributed by atoms with E-state index in [-0.39, 0.29) is 11.9 Å². The first-order valence-electron chi connectivity index (χ1n) is 13.2. The van der Waals surface area contributed by atoms with Gasteiger partial charge in [-0.1, -0.05) is 45.1 Å². The van der Waals surface area contributed by atoms with E-state index in [4.69, 9.17) is 9.47 Å². The summed E-state index contributed by atoms with van der Waals surface area (Å²) in [4.78, 5) is 15.5. The first kappa shape index (κ1) is 23.4. The first-order chi connectivity index (χ1) is 15.7. The number of hydrogen-bond donors (Lipinski definition) is 1. The lowest BCUT2D eigenvalue weighted by atomic mass is 10.0. The van der Waals surface area contributed by atoms with Crippen molar-refractivity contribution in [3.63, 3.8) is 0 Å². The molecule has 2 fully saturated rings. The number of carbonyl (C=O) groups is 1. The third-order valence-corrected chi connectivity index (χ3v) is 7.55. The molecule has 5 heteroatoms. The molecule has 0 saturated carbocycles. The van der Waals surface area contributed by atoms with E-state index in [2.05, 4.69) is 29.3 Å². The molecule has 32 heavy (non-hydrogen) atoms. The van der Waals surface area contributed by atoms with Gasteiger partial charge in [-0.2, -0.15) is 0 Å². The van der Waals surface area contributed by atoms with Crippen LogP contribution < -0.4 is 14.8 Å². The van der Waals surface area contributed by atoms with Gasteiger partial charge in [-0.3, -0.25) is 9.69 Å². The third-order valence-electron chi connectivity index (χ3n) is 7.55. The maximum absolute atomic E-state index is 12.7. The van der Waals surface area contributed by atoms with Gasteiger partial charge in [0.2, 0.25) is 5.91 Å². The summed E-state index contributed by atoms with van der Waals surface area (Å²) in [6, 6.07) is 7.98. The fourth-order valence-electron chi connectivity index (χ4n) is 5.78. The lowest BCUT2D eigenvalue weighted by molar-refractivity contribution is -0.122. The van der Waals surface area contributed by atoms with E-state index in [0.29, 0.717) is 19.6 Å². The van der Waals surface area contributed by atoms with Crippen LogP contribution in [-0.4, -0.2) is 48.7 Å². The molecular weight excluding hydrogens is 400 g/mol. The highest BCUT2D eigenvalue weighted by Crippen LogP contribution is 2.37. The Bertz CT molecular complexity index is 718. The molecule has 3 aliphatic rings. The van der Waals surface area contributed by atoms with E-state index in [9.17, 15) is 4.79 Å². The molecule has 3 aliphatic heterocycles. The average molecular weight is 443 g/mol. The molecule has 0 aromatic heterocycles. The number of amides is 1. The molecule has 1 amide bonds. The van der Waals surface area contributed by atoms with Crippen molar-refractivity contribution in [3.05, 3.63) is 23.8 Å². The fourth-order valence-corrected chi connectivity index (χ4v) is 5.78. The van der Waals surface area contributed by atoms with E-state index in [0.717, 1.165) is 55.8 Å². The highest BCUT2D eigenvalue weighted by Gasteiger charge is 2.38. The number of nitrogens with one attached hydrogen (secondary N) is 1. The predicted molar refractivity (Wildman–Crippen MR) is 128 cm³/mol. The number of fused-ring (bicyclic) bond motifs is 3. The van der Waals surface area contributed by atoms with Crippen LogP contribution in [0.15, 0.2) is 18.2 Å². The van der Waals surface area contributed by atoms with Crippen LogP contribution >= 0.6 is 0 Å². The molecule has 3 heterocycles. The second kappa shape index (κ2) is 11.9. The van der Waals surface area contributed by atoms with Gasteiger partial charge in [0.15, 0.2) is 11.5 Å². The Labute approximate surface area is 194 Å². The summed E-state index contributed by atoms with van der Waals surface area (Å²) in [5, 5.41) is 3.38. The summed E-state index contributed by atoms with van der Waals surface area (Å²) in [5.74, 6) is 1.88. The molecular formula is C27H42N2O3. The van der Waals surface area contributed by atoms with Gasteiger partial charge < -0.3 is 14.8 Å². The van der Waals surface area contributed by atoms with Crippen molar-refractivity contribution < 1.29 is 14.3 Å². The smallest absolute Gasteiger partial charge is 0.220 e. The second-order valence-electron chi connectivity index (χ2n) is 9.95. The highest BCUT2D eigenvalue weighted by atomic mass is 16.6. The highest BCUT2D eigenvalue weighted by molar-refractivity contribution is 5.76. The molecule has 2 saturated heterocycles. The van der Waals surface area contributed by atoms with Gasteiger partial charge in [0.25, 0.3) is 0 Å². The number of ether oxygens (including phenoxy) is 2. The second-order valence-corrected chi connectivity index (χ2v) is 9.95. The molecule has 0 unspecified atom stereocenters. The molecule has 1 N–H and O–H groups in total. The van der Waals surface area contributed by atoms with Gasteiger partial charge in [-0.25, -0.2) is 0 Å². The van der Waals surface area contributed by atoms with Crippen LogP contribution in [0.1, 0.15) is 89.5 Å². The molecule has 2 bridgehead atoms. The maximum atomic E-state index is 12.7. The summed E-state index contributed by atoms with van der Waals surface area (Å²) >= 11 is 0. The Hall–Kier alpha value is -1.75. The lowest BCUT2D eigenvalue weighted by Crippen LogP contribution is -2.40. The molecule has 0 aliphatic carbocycles. The predicted octanol–water partition coefficient (Wildman–Crippen LogP) is 5.25. The van der Waals surface area contributed by atoms with Crippen molar-refractivity contribution in [1.29, 1.82) is 0 Å². The Kier molecular flexibility index (Phi) is 8.72. The number of rotatable bonds is 13. The molecule has 1 aromatic rings. The van der Waals surface area contributed by atoms with Crippen LogP contribution in [0.2, 0.25) is 0 Å². The minimum absolute atomic E-state index is 0.171. The minimum atomic E-state index is 0.171. The zero-order valence-corrected chi connectivity index (χ0v) is 19.9. The number of nitrogens with zero attached hydrogens (tertiary/aromatic N) is 1. The van der Waals surface area contributed by atoms with E-state index in [1.54, 1.807) is 0 Å². The normalized spacial score (nSPS) is 22.8. The van der Waals surface area contributed by atoms with Crippen LogP contribution in [0.3, 0.4) is 0 Å².